The first kappa shape index (κ1) is 13.9. The Labute approximate surface area is 117 Å². The molecule has 1 amide bonds. The fourth-order valence-corrected chi connectivity index (χ4v) is 2.34. The van der Waals surface area contributed by atoms with Crippen LogP contribution in [0.3, 0.4) is 0 Å². The van der Waals surface area contributed by atoms with Crippen molar-refractivity contribution in [3.63, 3.8) is 0 Å². The average molecular weight is 293 g/mol. The van der Waals surface area contributed by atoms with Gasteiger partial charge in [-0.05, 0) is 30.9 Å². The van der Waals surface area contributed by atoms with Crippen molar-refractivity contribution in [2.45, 2.75) is 13.8 Å². The van der Waals surface area contributed by atoms with Crippen LogP contribution in [0.2, 0.25) is 0 Å². The maximum atomic E-state index is 12.1. The van der Waals surface area contributed by atoms with E-state index in [0.29, 0.717) is 11.3 Å². The second kappa shape index (κ2) is 5.25. The number of thiophene rings is 1. The van der Waals surface area contributed by atoms with Crippen LogP contribution >= 0.6 is 11.3 Å². The Balaban J connectivity index is 2.39. The van der Waals surface area contributed by atoms with Crippen LogP contribution in [-0.2, 0) is 0 Å². The molecule has 0 unspecified atom stereocenters. The van der Waals surface area contributed by atoms with Gasteiger partial charge in [0.2, 0.25) is 0 Å². The molecule has 0 aliphatic rings. The standard InChI is InChI=1S/C12H11N3O4S/c1-5-6(2)14-15-11(17)8(5)10(16)13-7-3-4-20-9(7)12(18)19/h3-4H,1-2H3,(H,13,16)(H,15,17)(H,18,19). The van der Waals surface area contributed by atoms with Gasteiger partial charge in [0.15, 0.2) is 0 Å². The van der Waals surface area contributed by atoms with Crippen molar-refractivity contribution in [2.75, 3.05) is 5.32 Å². The highest BCUT2D eigenvalue weighted by atomic mass is 32.1. The summed E-state index contributed by atoms with van der Waals surface area (Å²) in [4.78, 5) is 34.8. The lowest BCUT2D eigenvalue weighted by Gasteiger charge is -2.07. The third-order valence-corrected chi connectivity index (χ3v) is 3.71. The Morgan fingerprint density at radius 1 is 1.40 bits per heavy atom. The number of hydrogen-bond donors (Lipinski definition) is 3. The van der Waals surface area contributed by atoms with Gasteiger partial charge in [-0.3, -0.25) is 9.59 Å². The number of H-pyrrole nitrogens is 1. The topological polar surface area (TPSA) is 112 Å². The molecule has 0 saturated carbocycles. The van der Waals surface area contributed by atoms with E-state index in [9.17, 15) is 14.4 Å². The highest BCUT2D eigenvalue weighted by molar-refractivity contribution is 7.12. The van der Waals surface area contributed by atoms with Crippen LogP contribution in [-0.4, -0.2) is 27.2 Å². The number of rotatable bonds is 3. The van der Waals surface area contributed by atoms with Crippen molar-refractivity contribution in [1.29, 1.82) is 0 Å². The first-order chi connectivity index (χ1) is 9.41. The van der Waals surface area contributed by atoms with E-state index < -0.39 is 17.4 Å². The Hall–Kier alpha value is -2.48. The highest BCUT2D eigenvalue weighted by Gasteiger charge is 2.19. The summed E-state index contributed by atoms with van der Waals surface area (Å²) in [7, 11) is 0. The summed E-state index contributed by atoms with van der Waals surface area (Å²) in [5.41, 5.74) is 0.468. The Bertz CT molecular complexity index is 747. The minimum absolute atomic E-state index is 0.0122. The monoisotopic (exact) mass is 293 g/mol. The molecule has 0 saturated heterocycles. The SMILES string of the molecule is Cc1n[nH]c(=O)c(C(=O)Nc2ccsc2C(=O)O)c1C. The minimum Gasteiger partial charge on any atom is -0.477 e. The summed E-state index contributed by atoms with van der Waals surface area (Å²) in [6.07, 6.45) is 0. The van der Waals surface area contributed by atoms with Gasteiger partial charge in [0.05, 0.1) is 11.4 Å². The van der Waals surface area contributed by atoms with Gasteiger partial charge in [0.25, 0.3) is 11.5 Å². The van der Waals surface area contributed by atoms with Crippen LogP contribution in [0, 0.1) is 13.8 Å². The van der Waals surface area contributed by atoms with Gasteiger partial charge in [-0.15, -0.1) is 11.3 Å². The van der Waals surface area contributed by atoms with Crippen molar-refractivity contribution in [3.05, 3.63) is 43.5 Å². The number of carbonyl (C=O) groups excluding carboxylic acids is 1. The van der Waals surface area contributed by atoms with E-state index in [1.165, 1.54) is 6.07 Å². The Kier molecular flexibility index (Phi) is 3.66. The summed E-state index contributed by atoms with van der Waals surface area (Å²) in [6.45, 7) is 3.27. The lowest BCUT2D eigenvalue weighted by molar-refractivity contribution is 0.0703. The molecule has 7 nitrogen and oxygen atoms in total. The van der Waals surface area contributed by atoms with E-state index in [-0.39, 0.29) is 16.1 Å². The molecule has 0 atom stereocenters. The van der Waals surface area contributed by atoms with Crippen LogP contribution in [0.15, 0.2) is 16.2 Å². The number of anilines is 1. The summed E-state index contributed by atoms with van der Waals surface area (Å²) in [6, 6.07) is 1.48. The number of nitrogens with zero attached hydrogens (tertiary/aromatic N) is 1. The molecule has 0 aromatic carbocycles. The van der Waals surface area contributed by atoms with E-state index in [2.05, 4.69) is 15.5 Å². The number of carboxylic acids is 1. The van der Waals surface area contributed by atoms with Crippen molar-refractivity contribution >= 4 is 28.9 Å². The zero-order valence-electron chi connectivity index (χ0n) is 10.7. The van der Waals surface area contributed by atoms with Crippen LogP contribution < -0.4 is 10.9 Å². The normalized spacial score (nSPS) is 10.3. The zero-order chi connectivity index (χ0) is 14.9. The molecule has 0 fully saturated rings. The molecule has 0 aliphatic heterocycles. The van der Waals surface area contributed by atoms with Gasteiger partial charge in [-0.1, -0.05) is 0 Å². The maximum absolute atomic E-state index is 12.1. The first-order valence-corrected chi connectivity index (χ1v) is 6.47. The van der Waals surface area contributed by atoms with Crippen molar-refractivity contribution < 1.29 is 14.7 Å². The van der Waals surface area contributed by atoms with E-state index >= 15 is 0 Å². The van der Waals surface area contributed by atoms with Gasteiger partial charge in [0.1, 0.15) is 10.4 Å². The number of aryl methyl sites for hydroxylation is 1. The van der Waals surface area contributed by atoms with E-state index in [0.717, 1.165) is 11.3 Å². The molecule has 2 aromatic heterocycles. The molecule has 2 heterocycles. The second-order valence-electron chi connectivity index (χ2n) is 4.06. The van der Waals surface area contributed by atoms with Crippen molar-refractivity contribution in [1.82, 2.24) is 10.2 Å². The summed E-state index contributed by atoms with van der Waals surface area (Å²) < 4.78 is 0. The number of aromatic carboxylic acids is 1. The number of aromatic nitrogens is 2. The number of carbonyl (C=O) groups is 2. The first-order valence-electron chi connectivity index (χ1n) is 5.60. The molecule has 0 spiro atoms. The largest absolute Gasteiger partial charge is 0.477 e. The van der Waals surface area contributed by atoms with E-state index in [1.54, 1.807) is 19.2 Å². The number of nitrogens with one attached hydrogen (secondary N) is 2. The number of aromatic amines is 1. The molecule has 104 valence electrons. The lowest BCUT2D eigenvalue weighted by Crippen LogP contribution is -2.26. The summed E-state index contributed by atoms with van der Waals surface area (Å²) >= 11 is 0.994. The molecule has 8 heteroatoms. The Morgan fingerprint density at radius 2 is 2.10 bits per heavy atom. The van der Waals surface area contributed by atoms with Crippen LogP contribution in [0.25, 0.3) is 0 Å². The predicted octanol–water partition coefficient (Wildman–Crippen LogP) is 1.40. The summed E-state index contributed by atoms with van der Waals surface area (Å²) in [5.74, 6) is -1.79. The highest BCUT2D eigenvalue weighted by Crippen LogP contribution is 2.22. The predicted molar refractivity (Wildman–Crippen MR) is 73.6 cm³/mol. The molecular formula is C12H11N3O4S. The quantitative estimate of drug-likeness (QED) is 0.791. The lowest BCUT2D eigenvalue weighted by atomic mass is 10.1. The van der Waals surface area contributed by atoms with E-state index in [4.69, 9.17) is 5.11 Å². The van der Waals surface area contributed by atoms with Crippen molar-refractivity contribution in [2.24, 2.45) is 0 Å². The minimum atomic E-state index is -1.13. The molecule has 2 aromatic rings. The van der Waals surface area contributed by atoms with Crippen LogP contribution in [0.1, 0.15) is 31.3 Å². The van der Waals surface area contributed by atoms with Crippen LogP contribution in [0.4, 0.5) is 5.69 Å². The third-order valence-electron chi connectivity index (χ3n) is 2.80. The fourth-order valence-electron chi connectivity index (χ4n) is 1.66. The fraction of sp³-hybridized carbons (Fsp3) is 0.167. The molecular weight excluding hydrogens is 282 g/mol. The van der Waals surface area contributed by atoms with Crippen LogP contribution in [0.5, 0.6) is 0 Å². The van der Waals surface area contributed by atoms with Crippen molar-refractivity contribution in [3.8, 4) is 0 Å². The molecule has 2 rings (SSSR count). The van der Waals surface area contributed by atoms with Gasteiger partial charge in [-0.25, -0.2) is 9.89 Å². The smallest absolute Gasteiger partial charge is 0.348 e. The number of carboxylic acid groups (broad SMARTS) is 1. The number of hydrogen-bond acceptors (Lipinski definition) is 5. The zero-order valence-corrected chi connectivity index (χ0v) is 11.5. The summed E-state index contributed by atoms with van der Waals surface area (Å²) in [5, 5.41) is 18.9. The van der Waals surface area contributed by atoms with Gasteiger partial charge < -0.3 is 10.4 Å². The second-order valence-corrected chi connectivity index (χ2v) is 4.98. The average Bonchev–Trinajstić information content (AvgIpc) is 2.82. The molecule has 0 radical (unpaired) electrons. The van der Waals surface area contributed by atoms with Gasteiger partial charge in [0, 0.05) is 0 Å². The maximum Gasteiger partial charge on any atom is 0.348 e. The third kappa shape index (κ3) is 2.45. The van der Waals surface area contributed by atoms with Gasteiger partial charge >= 0.3 is 5.97 Å². The molecule has 20 heavy (non-hydrogen) atoms. The molecule has 0 bridgehead atoms. The molecule has 0 aliphatic carbocycles. The van der Waals surface area contributed by atoms with E-state index in [1.807, 2.05) is 0 Å². The Morgan fingerprint density at radius 3 is 2.75 bits per heavy atom. The van der Waals surface area contributed by atoms with Gasteiger partial charge in [-0.2, -0.15) is 5.10 Å². The molecule has 3 N–H and O–H groups in total. The number of amides is 1.